The Hall–Kier alpha value is -3.02. The van der Waals surface area contributed by atoms with E-state index in [1.807, 2.05) is 31.2 Å². The molecule has 0 aromatic heterocycles. The molecule has 29 heavy (non-hydrogen) atoms. The topological polar surface area (TPSA) is 73.9 Å². The molecule has 2 atom stereocenters. The highest BCUT2D eigenvalue weighted by atomic mass is 16.6. The monoisotopic (exact) mass is 399 g/mol. The lowest BCUT2D eigenvalue weighted by Gasteiger charge is -2.18. The molecule has 2 aromatic carbocycles. The summed E-state index contributed by atoms with van der Waals surface area (Å²) in [5, 5.41) is 2.85. The second kappa shape index (κ2) is 11.1. The van der Waals surface area contributed by atoms with E-state index in [-0.39, 0.29) is 12.5 Å². The molecule has 2 rings (SSSR count). The number of para-hydroxylation sites is 1. The number of hydrogen-bond acceptors (Lipinski definition) is 5. The largest absolute Gasteiger partial charge is 0.494 e. The molecule has 2 aromatic rings. The molecule has 0 heterocycles. The normalized spacial score (nSPS) is 12.6. The van der Waals surface area contributed by atoms with Crippen molar-refractivity contribution in [3.63, 3.8) is 0 Å². The van der Waals surface area contributed by atoms with E-state index < -0.39 is 12.1 Å². The van der Waals surface area contributed by atoms with Crippen LogP contribution in [0.2, 0.25) is 0 Å². The van der Waals surface area contributed by atoms with Crippen LogP contribution in [0.15, 0.2) is 48.5 Å². The molecule has 0 aliphatic carbocycles. The van der Waals surface area contributed by atoms with Crippen LogP contribution in [0.4, 0.5) is 5.69 Å². The van der Waals surface area contributed by atoms with Crippen molar-refractivity contribution in [2.45, 2.75) is 46.1 Å². The fourth-order valence-corrected chi connectivity index (χ4v) is 2.72. The maximum Gasteiger partial charge on any atom is 0.344 e. The summed E-state index contributed by atoms with van der Waals surface area (Å²) < 4.78 is 16.0. The van der Waals surface area contributed by atoms with Gasteiger partial charge in [-0.3, -0.25) is 4.79 Å². The van der Waals surface area contributed by atoms with E-state index >= 15 is 0 Å². The molecule has 0 radical (unpaired) electrons. The predicted molar refractivity (Wildman–Crippen MR) is 112 cm³/mol. The van der Waals surface area contributed by atoms with Crippen LogP contribution in [-0.2, 0) is 14.3 Å². The van der Waals surface area contributed by atoms with Crippen LogP contribution in [0.3, 0.4) is 0 Å². The van der Waals surface area contributed by atoms with Gasteiger partial charge in [0.05, 0.1) is 6.61 Å². The van der Waals surface area contributed by atoms with E-state index in [1.165, 1.54) is 6.92 Å². The zero-order valence-electron chi connectivity index (χ0n) is 17.4. The first-order valence-corrected chi connectivity index (χ1v) is 9.89. The fraction of sp³-hybridized carbons (Fsp3) is 0.391. The number of benzene rings is 2. The lowest BCUT2D eigenvalue weighted by atomic mass is 9.97. The maximum absolute atomic E-state index is 12.4. The van der Waals surface area contributed by atoms with Gasteiger partial charge in [0.15, 0.2) is 12.7 Å². The number of ether oxygens (including phenoxy) is 3. The van der Waals surface area contributed by atoms with Gasteiger partial charge in [0.25, 0.3) is 5.91 Å². The van der Waals surface area contributed by atoms with E-state index in [0.29, 0.717) is 18.3 Å². The summed E-state index contributed by atoms with van der Waals surface area (Å²) in [4.78, 5) is 24.5. The van der Waals surface area contributed by atoms with Crippen LogP contribution in [0.25, 0.3) is 0 Å². The van der Waals surface area contributed by atoms with Gasteiger partial charge >= 0.3 is 5.97 Å². The van der Waals surface area contributed by atoms with Crippen molar-refractivity contribution in [3.05, 3.63) is 54.1 Å². The van der Waals surface area contributed by atoms with E-state index in [9.17, 15) is 9.59 Å². The number of carbonyl (C=O) groups excluding carboxylic acids is 2. The van der Waals surface area contributed by atoms with Gasteiger partial charge in [-0.2, -0.15) is 0 Å². The Kier molecular flexibility index (Phi) is 8.52. The van der Waals surface area contributed by atoms with E-state index in [2.05, 4.69) is 19.2 Å². The third-order valence-electron chi connectivity index (χ3n) is 4.53. The second-order valence-electron chi connectivity index (χ2n) is 6.71. The first kappa shape index (κ1) is 22.3. The Bertz CT molecular complexity index is 803. The van der Waals surface area contributed by atoms with E-state index in [4.69, 9.17) is 14.2 Å². The molecule has 0 aliphatic heterocycles. The summed E-state index contributed by atoms with van der Waals surface area (Å²) in [7, 11) is 0. The highest BCUT2D eigenvalue weighted by Gasteiger charge is 2.20. The minimum absolute atomic E-state index is 0.283. The summed E-state index contributed by atoms with van der Waals surface area (Å²) in [5.74, 6) is 0.564. The molecule has 0 aliphatic rings. The number of rotatable bonds is 10. The molecule has 1 N–H and O–H groups in total. The van der Waals surface area contributed by atoms with Gasteiger partial charge in [0, 0.05) is 5.69 Å². The third-order valence-corrected chi connectivity index (χ3v) is 4.53. The van der Waals surface area contributed by atoms with Crippen molar-refractivity contribution in [1.82, 2.24) is 0 Å². The van der Waals surface area contributed by atoms with E-state index in [0.717, 1.165) is 23.4 Å². The zero-order chi connectivity index (χ0) is 21.2. The van der Waals surface area contributed by atoms with Gasteiger partial charge in [0.1, 0.15) is 11.5 Å². The van der Waals surface area contributed by atoms with Crippen molar-refractivity contribution >= 4 is 17.6 Å². The van der Waals surface area contributed by atoms with Gasteiger partial charge in [-0.1, -0.05) is 32.0 Å². The van der Waals surface area contributed by atoms with Crippen LogP contribution in [0.1, 0.15) is 45.6 Å². The predicted octanol–water partition coefficient (Wildman–Crippen LogP) is 4.55. The van der Waals surface area contributed by atoms with Crippen LogP contribution < -0.4 is 14.8 Å². The number of amides is 1. The molecule has 156 valence electrons. The van der Waals surface area contributed by atoms with E-state index in [1.54, 1.807) is 24.3 Å². The lowest BCUT2D eigenvalue weighted by molar-refractivity contribution is -0.155. The van der Waals surface area contributed by atoms with Crippen LogP contribution in [-0.4, -0.2) is 31.2 Å². The first-order chi connectivity index (χ1) is 13.9. The molecular weight excluding hydrogens is 370 g/mol. The molecular formula is C23H29NO5. The van der Waals surface area contributed by atoms with Gasteiger partial charge < -0.3 is 19.5 Å². The zero-order valence-corrected chi connectivity index (χ0v) is 17.4. The number of hydrogen-bond donors (Lipinski definition) is 1. The molecule has 0 fully saturated rings. The Morgan fingerprint density at radius 3 is 2.17 bits per heavy atom. The summed E-state index contributed by atoms with van der Waals surface area (Å²) in [5.41, 5.74) is 1.79. The van der Waals surface area contributed by atoms with Gasteiger partial charge in [0.2, 0.25) is 0 Å². The summed E-state index contributed by atoms with van der Waals surface area (Å²) in [6.07, 6.45) is 0.0248. The molecule has 0 unspecified atom stereocenters. The van der Waals surface area contributed by atoms with Crippen LogP contribution in [0, 0.1) is 0 Å². The van der Waals surface area contributed by atoms with Crippen molar-refractivity contribution < 1.29 is 23.8 Å². The number of anilines is 1. The highest BCUT2D eigenvalue weighted by molar-refractivity contribution is 5.95. The summed E-state index contributed by atoms with van der Waals surface area (Å²) >= 11 is 0. The molecule has 0 saturated heterocycles. The highest BCUT2D eigenvalue weighted by Crippen LogP contribution is 2.26. The van der Waals surface area contributed by atoms with Crippen molar-refractivity contribution in [2.24, 2.45) is 0 Å². The standard InChI is InChI=1S/C23H29NO5/c1-5-16(3)20-9-7-8-10-21(20)24-23(26)17(4)29-22(25)15-28-19-13-11-18(12-14-19)27-6-2/h7-14,16-17H,5-6,15H2,1-4H3,(H,24,26)/t16-,17-/m0/s1. The van der Waals surface area contributed by atoms with Gasteiger partial charge in [-0.15, -0.1) is 0 Å². The molecule has 0 saturated carbocycles. The molecule has 1 amide bonds. The van der Waals surface area contributed by atoms with Crippen molar-refractivity contribution in [2.75, 3.05) is 18.5 Å². The van der Waals surface area contributed by atoms with Crippen LogP contribution >= 0.6 is 0 Å². The Balaban J connectivity index is 1.85. The minimum Gasteiger partial charge on any atom is -0.494 e. The van der Waals surface area contributed by atoms with Crippen LogP contribution in [0.5, 0.6) is 11.5 Å². The smallest absolute Gasteiger partial charge is 0.344 e. The van der Waals surface area contributed by atoms with Crippen molar-refractivity contribution in [3.8, 4) is 11.5 Å². The Morgan fingerprint density at radius 2 is 1.55 bits per heavy atom. The second-order valence-corrected chi connectivity index (χ2v) is 6.71. The Morgan fingerprint density at radius 1 is 0.931 bits per heavy atom. The minimum atomic E-state index is -0.934. The SMILES string of the molecule is CCOc1ccc(OCC(=O)O[C@@H](C)C(=O)Nc2ccccc2[C@@H](C)CC)cc1. The molecule has 0 bridgehead atoms. The maximum atomic E-state index is 12.4. The molecule has 0 spiro atoms. The number of carbonyl (C=O) groups is 2. The quantitative estimate of drug-likeness (QED) is 0.594. The van der Waals surface area contributed by atoms with Gasteiger partial charge in [-0.25, -0.2) is 4.79 Å². The lowest BCUT2D eigenvalue weighted by Crippen LogP contribution is -2.32. The average Bonchev–Trinajstić information content (AvgIpc) is 2.73. The summed E-state index contributed by atoms with van der Waals surface area (Å²) in [6.45, 7) is 7.94. The average molecular weight is 399 g/mol. The van der Waals surface area contributed by atoms with Gasteiger partial charge in [-0.05, 0) is 62.1 Å². The molecule has 6 heteroatoms. The number of nitrogens with one attached hydrogen (secondary N) is 1. The fourth-order valence-electron chi connectivity index (χ4n) is 2.72. The first-order valence-electron chi connectivity index (χ1n) is 9.89. The number of esters is 1. The third kappa shape index (κ3) is 6.82. The Labute approximate surface area is 172 Å². The van der Waals surface area contributed by atoms with Crippen molar-refractivity contribution in [1.29, 1.82) is 0 Å². The molecule has 6 nitrogen and oxygen atoms in total. The summed E-state index contributed by atoms with van der Waals surface area (Å²) in [6, 6.07) is 14.6.